The van der Waals surface area contributed by atoms with Crippen LogP contribution < -0.4 is 0 Å². The second-order valence-electron chi connectivity index (χ2n) is 6.44. The van der Waals surface area contributed by atoms with Crippen LogP contribution >= 0.6 is 34.5 Å². The summed E-state index contributed by atoms with van der Waals surface area (Å²) in [6.45, 7) is 2.73. The largest absolute Gasteiger partial charge is 0.507 e. The van der Waals surface area contributed by atoms with Crippen LogP contribution in [0.5, 0.6) is 0 Å². The van der Waals surface area contributed by atoms with Gasteiger partial charge in [-0.25, -0.2) is 0 Å². The number of hydrogen-bond donors (Lipinski definition) is 1. The van der Waals surface area contributed by atoms with Crippen molar-refractivity contribution in [2.45, 2.75) is 19.4 Å². The number of hydrogen-bond acceptors (Lipinski definition) is 5. The lowest BCUT2D eigenvalue weighted by Gasteiger charge is -2.24. The molecule has 0 spiro atoms. The van der Waals surface area contributed by atoms with E-state index in [1.807, 2.05) is 18.4 Å². The Kier molecular flexibility index (Phi) is 6.45. The molecule has 28 heavy (non-hydrogen) atoms. The number of aryl methyl sites for hydroxylation is 1. The number of aliphatic hydroxyl groups is 1. The third-order valence-corrected chi connectivity index (χ3v) is 6.44. The van der Waals surface area contributed by atoms with Gasteiger partial charge in [0.1, 0.15) is 5.76 Å². The summed E-state index contributed by atoms with van der Waals surface area (Å²) in [5, 5.41) is 13.4. The van der Waals surface area contributed by atoms with Gasteiger partial charge in [-0.1, -0.05) is 23.2 Å². The molecular formula is C20H19Cl2NO4S. The van der Waals surface area contributed by atoms with Gasteiger partial charge in [0.05, 0.1) is 21.7 Å². The molecular weight excluding hydrogens is 421 g/mol. The molecule has 1 amide bonds. The van der Waals surface area contributed by atoms with E-state index in [0.717, 1.165) is 10.4 Å². The summed E-state index contributed by atoms with van der Waals surface area (Å²) in [6, 6.07) is 5.87. The number of Topliss-reactive ketones (excluding diaryl/α,β-unsaturated/α-hetero) is 1. The molecule has 1 unspecified atom stereocenters. The molecule has 5 nitrogen and oxygen atoms in total. The van der Waals surface area contributed by atoms with Crippen molar-refractivity contribution in [2.75, 3.05) is 20.3 Å². The second kappa shape index (κ2) is 8.66. The van der Waals surface area contributed by atoms with Gasteiger partial charge in [-0.05, 0) is 48.6 Å². The van der Waals surface area contributed by atoms with Crippen LogP contribution in [0.25, 0.3) is 5.76 Å². The zero-order valence-corrected chi connectivity index (χ0v) is 17.7. The first kappa shape index (κ1) is 20.9. The highest BCUT2D eigenvalue weighted by Crippen LogP contribution is 2.43. The molecule has 3 rings (SSSR count). The number of carbonyl (C=O) groups excluding carboxylic acids is 2. The number of rotatable bonds is 6. The van der Waals surface area contributed by atoms with Crippen LogP contribution in [-0.2, 0) is 14.3 Å². The lowest BCUT2D eigenvalue weighted by Crippen LogP contribution is -2.31. The van der Waals surface area contributed by atoms with Crippen LogP contribution in [0.3, 0.4) is 0 Å². The van der Waals surface area contributed by atoms with Gasteiger partial charge in [-0.15, -0.1) is 11.3 Å². The Bertz CT molecular complexity index is 953. The molecule has 0 radical (unpaired) electrons. The molecule has 1 fully saturated rings. The Morgan fingerprint density at radius 2 is 2.00 bits per heavy atom. The van der Waals surface area contributed by atoms with E-state index in [2.05, 4.69) is 0 Å². The fourth-order valence-electron chi connectivity index (χ4n) is 3.23. The Morgan fingerprint density at radius 1 is 1.25 bits per heavy atom. The first-order valence-electron chi connectivity index (χ1n) is 8.63. The summed E-state index contributed by atoms with van der Waals surface area (Å²) < 4.78 is 5.07. The molecule has 8 heteroatoms. The highest BCUT2D eigenvalue weighted by molar-refractivity contribution is 7.10. The minimum absolute atomic E-state index is 0.0614. The van der Waals surface area contributed by atoms with E-state index >= 15 is 0 Å². The minimum Gasteiger partial charge on any atom is -0.507 e. The second-order valence-corrected chi connectivity index (χ2v) is 8.20. The molecule has 2 heterocycles. The Balaban J connectivity index is 2.13. The molecule has 0 saturated carbocycles. The molecule has 1 aliphatic heterocycles. The number of nitrogens with zero attached hydrogens (tertiary/aromatic N) is 1. The summed E-state index contributed by atoms with van der Waals surface area (Å²) in [7, 11) is 1.58. The number of halogens is 2. The first-order valence-corrected chi connectivity index (χ1v) is 10.3. The third-order valence-electron chi connectivity index (χ3n) is 4.63. The van der Waals surface area contributed by atoms with E-state index in [1.54, 1.807) is 19.2 Å². The van der Waals surface area contributed by atoms with Crippen LogP contribution in [0.4, 0.5) is 0 Å². The monoisotopic (exact) mass is 439 g/mol. The predicted octanol–water partition coefficient (Wildman–Crippen LogP) is 4.82. The van der Waals surface area contributed by atoms with Crippen LogP contribution in [-0.4, -0.2) is 42.0 Å². The Labute approximate surface area is 177 Å². The predicted molar refractivity (Wildman–Crippen MR) is 111 cm³/mol. The quantitative estimate of drug-likeness (QED) is 0.303. The lowest BCUT2D eigenvalue weighted by atomic mass is 9.98. The number of carbonyl (C=O) groups is 2. The van der Waals surface area contributed by atoms with Gasteiger partial charge in [0, 0.05) is 30.7 Å². The Hall–Kier alpha value is -1.86. The number of ketones is 1. The standard InChI is InChI=1S/C20H19Cl2NO4S/c1-11-6-9-28-19(11)16-15(17(24)12-4-5-13(21)14(22)10-12)18(25)20(26)23(16)7-3-8-27-2/h4-6,9-10,16,24H,3,7-8H2,1-2H3/b17-15-. The average Bonchev–Trinajstić information content (AvgIpc) is 3.19. The van der Waals surface area contributed by atoms with Gasteiger partial charge in [0.15, 0.2) is 0 Å². The molecule has 0 bridgehead atoms. The summed E-state index contributed by atoms with van der Waals surface area (Å²) in [6.07, 6.45) is 0.581. The van der Waals surface area contributed by atoms with Crippen molar-refractivity contribution in [1.82, 2.24) is 4.90 Å². The molecule has 1 aromatic carbocycles. The molecule has 0 aliphatic carbocycles. The number of ether oxygens (including phenoxy) is 1. The van der Waals surface area contributed by atoms with Gasteiger partial charge >= 0.3 is 0 Å². The summed E-state index contributed by atoms with van der Waals surface area (Å²) in [5.41, 5.74) is 1.35. The lowest BCUT2D eigenvalue weighted by molar-refractivity contribution is -0.140. The molecule has 1 atom stereocenters. The van der Waals surface area contributed by atoms with Crippen molar-refractivity contribution >= 4 is 52.0 Å². The smallest absolute Gasteiger partial charge is 0.295 e. The first-order chi connectivity index (χ1) is 13.4. The fraction of sp³-hybridized carbons (Fsp3) is 0.300. The third kappa shape index (κ3) is 3.82. The molecule has 1 N–H and O–H groups in total. The van der Waals surface area contributed by atoms with Crippen LogP contribution in [0.2, 0.25) is 10.0 Å². The fourth-order valence-corrected chi connectivity index (χ4v) is 4.57. The summed E-state index contributed by atoms with van der Waals surface area (Å²) >= 11 is 13.5. The van der Waals surface area contributed by atoms with E-state index in [-0.39, 0.29) is 16.4 Å². The number of benzene rings is 1. The maximum absolute atomic E-state index is 12.8. The summed E-state index contributed by atoms with van der Waals surface area (Å²) in [4.78, 5) is 27.9. The van der Waals surface area contributed by atoms with E-state index < -0.39 is 17.7 Å². The van der Waals surface area contributed by atoms with Crippen molar-refractivity contribution in [3.05, 3.63) is 61.3 Å². The molecule has 1 aliphatic rings. The number of aliphatic hydroxyl groups excluding tert-OH is 1. The van der Waals surface area contributed by atoms with Gasteiger partial charge in [0.25, 0.3) is 11.7 Å². The Morgan fingerprint density at radius 3 is 2.61 bits per heavy atom. The van der Waals surface area contributed by atoms with Crippen molar-refractivity contribution in [3.8, 4) is 0 Å². The van der Waals surface area contributed by atoms with Crippen LogP contribution in [0.15, 0.2) is 35.2 Å². The minimum atomic E-state index is -0.709. The van der Waals surface area contributed by atoms with Crippen molar-refractivity contribution < 1.29 is 19.4 Å². The maximum atomic E-state index is 12.8. The van der Waals surface area contributed by atoms with Crippen LogP contribution in [0.1, 0.15) is 28.5 Å². The zero-order chi connectivity index (χ0) is 20.4. The van der Waals surface area contributed by atoms with E-state index in [9.17, 15) is 14.7 Å². The van der Waals surface area contributed by atoms with Crippen molar-refractivity contribution in [3.63, 3.8) is 0 Å². The van der Waals surface area contributed by atoms with Crippen molar-refractivity contribution in [2.24, 2.45) is 0 Å². The summed E-state index contributed by atoms with van der Waals surface area (Å²) in [5.74, 6) is -1.60. The normalized spacial score (nSPS) is 18.9. The zero-order valence-electron chi connectivity index (χ0n) is 15.4. The van der Waals surface area contributed by atoms with Crippen molar-refractivity contribution in [1.29, 1.82) is 0 Å². The molecule has 148 valence electrons. The van der Waals surface area contributed by atoms with E-state index in [0.29, 0.717) is 30.2 Å². The number of likely N-dealkylation sites (tertiary alicyclic amines) is 1. The highest BCUT2D eigenvalue weighted by Gasteiger charge is 2.46. The molecule has 1 saturated heterocycles. The van der Waals surface area contributed by atoms with Crippen LogP contribution in [0, 0.1) is 6.92 Å². The number of thiophene rings is 1. The van der Waals surface area contributed by atoms with E-state index in [4.69, 9.17) is 27.9 Å². The maximum Gasteiger partial charge on any atom is 0.295 e. The van der Waals surface area contributed by atoms with Gasteiger partial charge in [0.2, 0.25) is 0 Å². The highest BCUT2D eigenvalue weighted by atomic mass is 35.5. The van der Waals surface area contributed by atoms with E-state index in [1.165, 1.54) is 22.3 Å². The average molecular weight is 440 g/mol. The van der Waals surface area contributed by atoms with Gasteiger partial charge in [-0.3, -0.25) is 9.59 Å². The number of amides is 1. The molecule has 2 aromatic rings. The van der Waals surface area contributed by atoms with Gasteiger partial charge < -0.3 is 14.7 Å². The topological polar surface area (TPSA) is 66.8 Å². The SMILES string of the molecule is COCCCN1C(=O)C(=O)/C(=C(\O)c2ccc(Cl)c(Cl)c2)C1c1sccc1C. The number of methoxy groups -OCH3 is 1. The van der Waals surface area contributed by atoms with Gasteiger partial charge in [-0.2, -0.15) is 0 Å². The molecule has 1 aromatic heterocycles.